The Balaban J connectivity index is 1.95. The number of carbonyl (C=O) groups is 1. The minimum absolute atomic E-state index is 0.0240. The van der Waals surface area contributed by atoms with E-state index >= 15 is 0 Å². The lowest BCUT2D eigenvalue weighted by atomic mass is 10.2. The second-order valence-electron chi connectivity index (χ2n) is 6.02. The third kappa shape index (κ3) is 3.59. The Morgan fingerprint density at radius 2 is 2.13 bits per heavy atom. The predicted molar refractivity (Wildman–Crippen MR) is 97.5 cm³/mol. The van der Waals surface area contributed by atoms with Crippen LogP contribution in [0.2, 0.25) is 5.02 Å². The summed E-state index contributed by atoms with van der Waals surface area (Å²) in [4.78, 5) is 12.5. The van der Waals surface area contributed by atoms with Crippen LogP contribution in [-0.4, -0.2) is 17.0 Å². The van der Waals surface area contributed by atoms with Gasteiger partial charge in [-0.1, -0.05) is 37.6 Å². The number of carbonyl (C=O) groups excluding carboxylic acids is 1. The number of benzene rings is 1. The highest BCUT2D eigenvalue weighted by molar-refractivity contribution is 7.17. The zero-order valence-electron chi connectivity index (χ0n) is 13.2. The van der Waals surface area contributed by atoms with E-state index in [1.807, 2.05) is 30.3 Å². The van der Waals surface area contributed by atoms with Crippen LogP contribution < -0.4 is 5.32 Å². The molecule has 3 rings (SSSR count). The van der Waals surface area contributed by atoms with Gasteiger partial charge in [0, 0.05) is 18.1 Å². The number of rotatable bonds is 5. The molecular weight excluding hydrogens is 328 g/mol. The summed E-state index contributed by atoms with van der Waals surface area (Å²) in [6, 6.07) is 11.8. The van der Waals surface area contributed by atoms with E-state index in [9.17, 15) is 4.79 Å². The zero-order chi connectivity index (χ0) is 16.4. The van der Waals surface area contributed by atoms with Gasteiger partial charge in [0.05, 0.1) is 10.2 Å². The topological polar surface area (TPSA) is 34.0 Å². The molecule has 2 aromatic heterocycles. The van der Waals surface area contributed by atoms with E-state index in [2.05, 4.69) is 35.2 Å². The van der Waals surface area contributed by atoms with Gasteiger partial charge < -0.3 is 9.88 Å². The molecule has 1 N–H and O–H groups in total. The Morgan fingerprint density at radius 1 is 1.30 bits per heavy atom. The van der Waals surface area contributed by atoms with Crippen molar-refractivity contribution in [2.45, 2.75) is 20.4 Å². The third-order valence-corrected chi connectivity index (χ3v) is 4.74. The maximum Gasteiger partial charge on any atom is 0.267 e. The van der Waals surface area contributed by atoms with Crippen LogP contribution in [0.5, 0.6) is 0 Å². The first kappa shape index (κ1) is 16.1. The van der Waals surface area contributed by atoms with Crippen molar-refractivity contribution in [3.8, 4) is 0 Å². The maximum atomic E-state index is 12.5. The van der Waals surface area contributed by atoms with E-state index in [4.69, 9.17) is 11.6 Å². The summed E-state index contributed by atoms with van der Waals surface area (Å²) in [5.41, 5.74) is 2.87. The fourth-order valence-corrected chi connectivity index (χ4v) is 3.58. The quantitative estimate of drug-likeness (QED) is 0.708. The zero-order valence-corrected chi connectivity index (χ0v) is 14.7. The van der Waals surface area contributed by atoms with Gasteiger partial charge in [0.1, 0.15) is 5.69 Å². The van der Waals surface area contributed by atoms with Gasteiger partial charge in [-0.15, -0.1) is 11.3 Å². The number of thiophene rings is 1. The molecule has 0 atom stereocenters. The molecule has 3 nitrogen and oxygen atoms in total. The first-order chi connectivity index (χ1) is 11.0. The molecule has 5 heteroatoms. The molecule has 1 amide bonds. The monoisotopic (exact) mass is 346 g/mol. The molecule has 0 aliphatic rings. The molecular formula is C18H19ClN2OS. The van der Waals surface area contributed by atoms with Crippen LogP contribution in [0, 0.1) is 5.92 Å². The molecule has 2 heterocycles. The molecule has 0 spiro atoms. The first-order valence-corrected chi connectivity index (χ1v) is 8.89. The summed E-state index contributed by atoms with van der Waals surface area (Å²) in [6.45, 7) is 5.48. The van der Waals surface area contributed by atoms with Gasteiger partial charge in [0.25, 0.3) is 5.91 Å². The summed E-state index contributed by atoms with van der Waals surface area (Å²) in [6.07, 6.45) is 0. The van der Waals surface area contributed by atoms with Gasteiger partial charge in [-0.3, -0.25) is 4.79 Å². The van der Waals surface area contributed by atoms with Crippen molar-refractivity contribution in [2.24, 2.45) is 5.92 Å². The number of fused-ring (bicyclic) bond motifs is 1. The van der Waals surface area contributed by atoms with Crippen molar-refractivity contribution >= 4 is 39.1 Å². The summed E-state index contributed by atoms with van der Waals surface area (Å²) >= 11 is 7.73. The minimum atomic E-state index is -0.0240. The van der Waals surface area contributed by atoms with Crippen LogP contribution >= 0.6 is 22.9 Å². The molecule has 0 aliphatic heterocycles. The molecule has 120 valence electrons. The lowest BCUT2D eigenvalue weighted by molar-refractivity contribution is 0.0940. The first-order valence-electron chi connectivity index (χ1n) is 7.64. The van der Waals surface area contributed by atoms with Crippen LogP contribution in [0.4, 0.5) is 0 Å². The van der Waals surface area contributed by atoms with Gasteiger partial charge >= 0.3 is 0 Å². The fraction of sp³-hybridized carbons (Fsp3) is 0.278. The van der Waals surface area contributed by atoms with Crippen LogP contribution in [-0.2, 0) is 6.54 Å². The van der Waals surface area contributed by atoms with Gasteiger partial charge in [-0.2, -0.15) is 0 Å². The SMILES string of the molecule is CC(C)CNC(=O)c1cc2sccc2n1Cc1cccc(Cl)c1. The average molecular weight is 347 g/mol. The molecule has 0 saturated heterocycles. The molecule has 1 aromatic carbocycles. The van der Waals surface area contributed by atoms with Gasteiger partial charge in [-0.05, 0) is 41.1 Å². The summed E-state index contributed by atoms with van der Waals surface area (Å²) in [7, 11) is 0. The Morgan fingerprint density at radius 3 is 2.87 bits per heavy atom. The third-order valence-electron chi connectivity index (χ3n) is 3.66. The summed E-state index contributed by atoms with van der Waals surface area (Å²) in [5, 5.41) is 5.77. The number of aromatic nitrogens is 1. The van der Waals surface area contributed by atoms with E-state index in [1.54, 1.807) is 11.3 Å². The van der Waals surface area contributed by atoms with Crippen molar-refractivity contribution in [1.82, 2.24) is 9.88 Å². The van der Waals surface area contributed by atoms with E-state index < -0.39 is 0 Å². The van der Waals surface area contributed by atoms with Crippen molar-refractivity contribution in [3.05, 3.63) is 58.1 Å². The van der Waals surface area contributed by atoms with E-state index in [1.165, 1.54) is 0 Å². The van der Waals surface area contributed by atoms with Gasteiger partial charge in [0.2, 0.25) is 0 Å². The molecule has 0 radical (unpaired) electrons. The molecule has 0 aliphatic carbocycles. The predicted octanol–water partition coefficient (Wildman–Crippen LogP) is 4.79. The van der Waals surface area contributed by atoms with Crippen molar-refractivity contribution < 1.29 is 4.79 Å². The Hall–Kier alpha value is -1.78. The summed E-state index contributed by atoms with van der Waals surface area (Å²) < 4.78 is 3.19. The number of nitrogens with zero attached hydrogens (tertiary/aromatic N) is 1. The van der Waals surface area contributed by atoms with Crippen LogP contribution in [0.3, 0.4) is 0 Å². The Kier molecular flexibility index (Phi) is 4.74. The number of nitrogens with one attached hydrogen (secondary N) is 1. The largest absolute Gasteiger partial charge is 0.351 e. The van der Waals surface area contributed by atoms with Gasteiger partial charge in [0.15, 0.2) is 0 Å². The Labute approximate surface area is 144 Å². The Bertz CT molecular complexity index is 835. The molecule has 0 bridgehead atoms. The van der Waals surface area contributed by atoms with Crippen LogP contribution in [0.1, 0.15) is 29.9 Å². The average Bonchev–Trinajstić information content (AvgIpc) is 3.07. The van der Waals surface area contributed by atoms with Crippen molar-refractivity contribution in [2.75, 3.05) is 6.54 Å². The second-order valence-corrected chi connectivity index (χ2v) is 7.40. The summed E-state index contributed by atoms with van der Waals surface area (Å²) in [5.74, 6) is 0.403. The maximum absolute atomic E-state index is 12.5. The number of amides is 1. The minimum Gasteiger partial charge on any atom is -0.351 e. The van der Waals surface area contributed by atoms with Crippen molar-refractivity contribution in [1.29, 1.82) is 0 Å². The van der Waals surface area contributed by atoms with E-state index in [0.29, 0.717) is 29.7 Å². The fourth-order valence-electron chi connectivity index (χ4n) is 2.54. The lowest BCUT2D eigenvalue weighted by Crippen LogP contribution is -2.29. The highest BCUT2D eigenvalue weighted by atomic mass is 35.5. The molecule has 0 fully saturated rings. The molecule has 0 unspecified atom stereocenters. The van der Waals surface area contributed by atoms with Crippen LogP contribution in [0.15, 0.2) is 41.8 Å². The number of halogens is 1. The van der Waals surface area contributed by atoms with E-state index in [-0.39, 0.29) is 5.91 Å². The molecule has 3 aromatic rings. The highest BCUT2D eigenvalue weighted by Gasteiger charge is 2.16. The van der Waals surface area contributed by atoms with E-state index in [0.717, 1.165) is 15.8 Å². The highest BCUT2D eigenvalue weighted by Crippen LogP contribution is 2.26. The smallest absolute Gasteiger partial charge is 0.267 e. The second kappa shape index (κ2) is 6.77. The molecule has 23 heavy (non-hydrogen) atoms. The van der Waals surface area contributed by atoms with Gasteiger partial charge in [-0.25, -0.2) is 0 Å². The molecule has 0 saturated carbocycles. The number of hydrogen-bond acceptors (Lipinski definition) is 2. The van der Waals surface area contributed by atoms with Crippen LogP contribution in [0.25, 0.3) is 10.2 Å². The van der Waals surface area contributed by atoms with Crippen molar-refractivity contribution in [3.63, 3.8) is 0 Å². The number of hydrogen-bond donors (Lipinski definition) is 1. The normalized spacial score (nSPS) is 11.3. The lowest BCUT2D eigenvalue weighted by Gasteiger charge is -2.12. The standard InChI is InChI=1S/C18H19ClN2OS/c1-12(2)10-20-18(22)16-9-17-15(6-7-23-17)21(16)11-13-4-3-5-14(19)8-13/h3-9,12H,10-11H2,1-2H3,(H,20,22).